The Kier molecular flexibility index (Phi) is 7.14. The third kappa shape index (κ3) is 4.32. The van der Waals surface area contributed by atoms with E-state index in [9.17, 15) is 19.5 Å². The van der Waals surface area contributed by atoms with E-state index in [1.165, 1.54) is 5.57 Å². The molecule has 9 heteroatoms. The zero-order chi connectivity index (χ0) is 25.6. The Hall–Kier alpha value is -1.87. The Labute approximate surface area is 212 Å². The van der Waals surface area contributed by atoms with E-state index in [1.807, 2.05) is 0 Å². The number of carbonyl (C=O) groups is 3. The maximum absolute atomic E-state index is 12.4. The molecule has 7 atom stereocenters. The average molecular weight is 507 g/mol. The number of aliphatic hydroxyl groups is 1. The topological polar surface area (TPSA) is 125 Å². The Morgan fingerprint density at radius 3 is 2.54 bits per heavy atom. The first-order valence-corrected chi connectivity index (χ1v) is 13.4. The van der Waals surface area contributed by atoms with E-state index in [2.05, 4.69) is 43.0 Å². The van der Waals surface area contributed by atoms with E-state index in [0.29, 0.717) is 24.2 Å². The summed E-state index contributed by atoms with van der Waals surface area (Å²) in [5.41, 5.74) is 0.729. The molecule has 4 aliphatic carbocycles. The molecule has 0 aromatic rings. The van der Waals surface area contributed by atoms with Crippen molar-refractivity contribution in [3.8, 4) is 0 Å². The smallest absolute Gasteiger partial charge is 0.327 e. The molecule has 0 spiro atoms. The maximum atomic E-state index is 12.4. The number of amides is 1. The number of ketones is 1. The fourth-order valence-corrected chi connectivity index (χ4v) is 8.08. The monoisotopic (exact) mass is 506 g/mol. The van der Waals surface area contributed by atoms with Crippen LogP contribution < -0.4 is 5.32 Å². The number of oxime groups is 1. The molecule has 0 aromatic heterocycles. The van der Waals surface area contributed by atoms with Gasteiger partial charge in [0.05, 0.1) is 5.71 Å². The van der Waals surface area contributed by atoms with Crippen molar-refractivity contribution in [3.05, 3.63) is 11.6 Å². The number of nitrogens with one attached hydrogen (secondary N) is 1. The van der Waals surface area contributed by atoms with Crippen molar-refractivity contribution in [3.63, 3.8) is 0 Å². The summed E-state index contributed by atoms with van der Waals surface area (Å²) in [6, 6.07) is -1.06. The predicted octanol–water partition coefficient (Wildman–Crippen LogP) is 3.14. The fraction of sp³-hybridized carbons (Fsp3) is 0.769. The van der Waals surface area contributed by atoms with Gasteiger partial charge in [0.15, 0.2) is 12.4 Å². The van der Waals surface area contributed by atoms with Crippen LogP contribution in [-0.2, 0) is 19.2 Å². The van der Waals surface area contributed by atoms with Crippen LogP contribution in [0.15, 0.2) is 16.8 Å². The summed E-state index contributed by atoms with van der Waals surface area (Å²) in [5.74, 6) is -0.363. The van der Waals surface area contributed by atoms with Gasteiger partial charge in [0, 0.05) is 11.2 Å². The van der Waals surface area contributed by atoms with Crippen LogP contribution in [-0.4, -0.2) is 57.6 Å². The van der Waals surface area contributed by atoms with Gasteiger partial charge in [0.25, 0.3) is 5.91 Å². The Balaban J connectivity index is 1.43. The zero-order valence-electron chi connectivity index (χ0n) is 20.9. The minimum atomic E-state index is -1.19. The van der Waals surface area contributed by atoms with Crippen LogP contribution in [0.5, 0.6) is 0 Å². The lowest BCUT2D eigenvalue weighted by Gasteiger charge is -2.59. The molecule has 4 rings (SSSR count). The second-order valence-corrected chi connectivity index (χ2v) is 11.8. The van der Waals surface area contributed by atoms with Crippen LogP contribution >= 0.6 is 12.6 Å². The lowest BCUT2D eigenvalue weighted by atomic mass is 9.46. The lowest BCUT2D eigenvalue weighted by molar-refractivity contribution is -0.159. The number of hydrogen-bond acceptors (Lipinski definition) is 7. The van der Waals surface area contributed by atoms with Crippen LogP contribution in [0.4, 0.5) is 0 Å². The number of fused-ring (bicyclic) bond motifs is 5. The molecule has 3 fully saturated rings. The number of thiol groups is 1. The largest absolute Gasteiger partial charge is 0.480 e. The van der Waals surface area contributed by atoms with Gasteiger partial charge in [0.2, 0.25) is 0 Å². The van der Waals surface area contributed by atoms with E-state index < -0.39 is 23.5 Å². The zero-order valence-corrected chi connectivity index (χ0v) is 21.8. The van der Waals surface area contributed by atoms with Crippen LogP contribution in [0.1, 0.15) is 72.1 Å². The quantitative estimate of drug-likeness (QED) is 0.311. The second kappa shape index (κ2) is 9.54. The summed E-state index contributed by atoms with van der Waals surface area (Å²) in [7, 11) is 0. The third-order valence-corrected chi connectivity index (χ3v) is 10.3. The van der Waals surface area contributed by atoms with Gasteiger partial charge in [-0.3, -0.25) is 9.59 Å². The molecule has 194 valence electrons. The minimum absolute atomic E-state index is 0.00349. The summed E-state index contributed by atoms with van der Waals surface area (Å²) in [6.07, 6.45) is 9.23. The van der Waals surface area contributed by atoms with E-state index >= 15 is 0 Å². The standard InChI is InChI=1S/C26H38N2O6S/c1-15(29)26(33)11-8-20-18-5-4-16-12-17(28-34-13-22(30)27-21(14-35)23(31)32)6-9-24(16,2)19(18)7-10-25(20,26)3/h12,18-21,33,35H,4-11,13-14H2,1-3H3,(H,27,30)(H,31,32). The first kappa shape index (κ1) is 26.2. The van der Waals surface area contributed by atoms with Crippen LogP contribution in [0.2, 0.25) is 0 Å². The summed E-state index contributed by atoms with van der Waals surface area (Å²) in [6.45, 7) is 5.70. The van der Waals surface area contributed by atoms with Crippen molar-refractivity contribution < 1.29 is 29.4 Å². The highest BCUT2D eigenvalue weighted by Crippen LogP contribution is 2.67. The van der Waals surface area contributed by atoms with Gasteiger partial charge in [-0.15, -0.1) is 0 Å². The van der Waals surface area contributed by atoms with Gasteiger partial charge in [-0.1, -0.05) is 24.6 Å². The number of rotatable bonds is 7. The highest BCUT2D eigenvalue weighted by atomic mass is 32.1. The van der Waals surface area contributed by atoms with Crippen LogP contribution in [0.3, 0.4) is 0 Å². The number of Topliss-reactive ketones (excluding diaryl/α,β-unsaturated/α-hetero) is 1. The molecule has 3 N–H and O–H groups in total. The third-order valence-electron chi connectivity index (χ3n) is 9.90. The first-order valence-electron chi connectivity index (χ1n) is 12.7. The van der Waals surface area contributed by atoms with Crippen molar-refractivity contribution >= 4 is 36.0 Å². The van der Waals surface area contributed by atoms with E-state index in [0.717, 1.165) is 50.7 Å². The molecule has 7 unspecified atom stereocenters. The number of aliphatic carboxylic acids is 1. The normalized spacial score (nSPS) is 40.1. The Bertz CT molecular complexity index is 965. The summed E-state index contributed by atoms with van der Waals surface area (Å²) in [5, 5.41) is 26.8. The van der Waals surface area contributed by atoms with Gasteiger partial charge >= 0.3 is 5.97 Å². The van der Waals surface area contributed by atoms with Crippen molar-refractivity contribution in [1.29, 1.82) is 0 Å². The summed E-state index contributed by atoms with van der Waals surface area (Å²) in [4.78, 5) is 40.6. The number of carboxylic acid groups (broad SMARTS) is 1. The number of hydrogen-bond donors (Lipinski definition) is 4. The molecular weight excluding hydrogens is 468 g/mol. The first-order chi connectivity index (χ1) is 16.5. The molecule has 0 aliphatic heterocycles. The Morgan fingerprint density at radius 2 is 1.89 bits per heavy atom. The van der Waals surface area contributed by atoms with Crippen LogP contribution in [0.25, 0.3) is 0 Å². The maximum Gasteiger partial charge on any atom is 0.327 e. The molecule has 4 aliphatic rings. The van der Waals surface area contributed by atoms with E-state index in [4.69, 9.17) is 9.94 Å². The molecule has 8 nitrogen and oxygen atoms in total. The van der Waals surface area contributed by atoms with Gasteiger partial charge in [0.1, 0.15) is 11.6 Å². The number of allylic oxidation sites excluding steroid dienone is 2. The molecule has 3 saturated carbocycles. The van der Waals surface area contributed by atoms with Gasteiger partial charge in [-0.05, 0) is 87.5 Å². The van der Waals surface area contributed by atoms with Crippen molar-refractivity contribution in [2.75, 3.05) is 12.4 Å². The van der Waals surface area contributed by atoms with Gasteiger partial charge in [-0.2, -0.15) is 12.6 Å². The lowest BCUT2D eigenvalue weighted by Crippen LogP contribution is -2.57. The number of carbonyl (C=O) groups excluding carboxylic acids is 2. The fourth-order valence-electron chi connectivity index (χ4n) is 7.83. The SMILES string of the molecule is CC(=O)C1(O)CCC2C3CCC4=CC(=NOCC(=O)NC(CS)C(=O)O)CCC4(C)C3CCC21C. The minimum Gasteiger partial charge on any atom is -0.480 e. The van der Waals surface area contributed by atoms with Crippen molar-refractivity contribution in [1.82, 2.24) is 5.32 Å². The van der Waals surface area contributed by atoms with Crippen molar-refractivity contribution in [2.45, 2.75) is 83.8 Å². The molecule has 0 aromatic carbocycles. The average Bonchev–Trinajstić information content (AvgIpc) is 3.09. The van der Waals surface area contributed by atoms with Gasteiger partial charge in [-0.25, -0.2) is 4.79 Å². The number of nitrogens with zero attached hydrogens (tertiary/aromatic N) is 1. The molecule has 0 radical (unpaired) electrons. The van der Waals surface area contributed by atoms with Crippen LogP contribution in [0, 0.1) is 28.6 Å². The summed E-state index contributed by atoms with van der Waals surface area (Å²) < 4.78 is 0. The molecule has 1 amide bonds. The highest BCUT2D eigenvalue weighted by Gasteiger charge is 2.65. The Morgan fingerprint density at radius 1 is 1.17 bits per heavy atom. The summed E-state index contributed by atoms with van der Waals surface area (Å²) >= 11 is 3.93. The molecule has 0 heterocycles. The van der Waals surface area contributed by atoms with Crippen molar-refractivity contribution in [2.24, 2.45) is 33.7 Å². The predicted molar refractivity (Wildman–Crippen MR) is 134 cm³/mol. The molecule has 0 saturated heterocycles. The molecule has 0 bridgehead atoms. The molecular formula is C26H38N2O6S. The van der Waals surface area contributed by atoms with Gasteiger partial charge < -0.3 is 20.4 Å². The number of carboxylic acids is 1. The highest BCUT2D eigenvalue weighted by molar-refractivity contribution is 7.80. The second-order valence-electron chi connectivity index (χ2n) is 11.4. The molecule has 35 heavy (non-hydrogen) atoms. The van der Waals surface area contributed by atoms with E-state index in [1.54, 1.807) is 6.92 Å². The van der Waals surface area contributed by atoms with E-state index in [-0.39, 0.29) is 29.0 Å².